The molecule has 11 aromatic rings. The van der Waals surface area contributed by atoms with Gasteiger partial charge in [-0.3, -0.25) is 0 Å². The molecule has 0 saturated heterocycles. The van der Waals surface area contributed by atoms with E-state index in [0.29, 0.717) is 11.3 Å². The van der Waals surface area contributed by atoms with Crippen LogP contribution in [0.2, 0.25) is 0 Å². The third kappa shape index (κ3) is 6.80. The molecule has 0 bridgehead atoms. The van der Waals surface area contributed by atoms with E-state index in [4.69, 9.17) is 40.5 Å². The van der Waals surface area contributed by atoms with Crippen LogP contribution in [0.15, 0.2) is 212 Å². The van der Waals surface area contributed by atoms with Gasteiger partial charge in [-0.2, -0.15) is 0 Å². The molecule has 7 nitrogen and oxygen atoms in total. The Morgan fingerprint density at radius 3 is 1.33 bits per heavy atom. The highest BCUT2D eigenvalue weighted by molar-refractivity contribution is 6.11. The first-order chi connectivity index (χ1) is 36.4. The molecule has 0 spiro atoms. The number of fused-ring (bicyclic) bond motifs is 3. The smallest absolute Gasteiger partial charge is 0.166 e. The van der Waals surface area contributed by atoms with Crippen LogP contribution in [0.3, 0.4) is 0 Å². The molecule has 11 rings (SSSR count). The van der Waals surface area contributed by atoms with Crippen LogP contribution in [0.25, 0.3) is 107 Å². The maximum absolute atomic E-state index is 9.00. The first kappa shape index (κ1) is 23.2. The number of rotatable bonds is 8. The molecular weight excluding hydrogens is 747 g/mol. The Morgan fingerprint density at radius 1 is 0.311 bits per heavy atom. The summed E-state index contributed by atoms with van der Waals surface area (Å²) in [6.07, 6.45) is 0. The second kappa shape index (κ2) is 15.4. The van der Waals surface area contributed by atoms with Gasteiger partial charge in [0.25, 0.3) is 0 Å². The van der Waals surface area contributed by atoms with E-state index in [9.17, 15) is 0 Å². The molecule has 0 atom stereocenters. The molecule has 3 heterocycles. The van der Waals surface area contributed by atoms with E-state index in [1.807, 2.05) is 71.3 Å². The highest BCUT2D eigenvalue weighted by Gasteiger charge is 2.22. The third-order valence-corrected chi connectivity index (χ3v) is 9.99. The van der Waals surface area contributed by atoms with Crippen molar-refractivity contribution < 1.29 is 20.6 Å². The number of benzene rings is 8. The first-order valence-electron chi connectivity index (χ1n) is 26.5. The van der Waals surface area contributed by atoms with Crippen molar-refractivity contribution in [1.82, 2.24) is 34.5 Å². The third-order valence-electron chi connectivity index (χ3n) is 9.99. The Morgan fingerprint density at radius 2 is 0.754 bits per heavy atom. The molecule has 7 heteroatoms. The van der Waals surface area contributed by atoms with Crippen molar-refractivity contribution in [2.24, 2.45) is 0 Å². The second-order valence-corrected chi connectivity index (χ2v) is 13.7. The van der Waals surface area contributed by atoms with Crippen molar-refractivity contribution in [3.63, 3.8) is 0 Å². The molecule has 0 fully saturated rings. The van der Waals surface area contributed by atoms with Gasteiger partial charge in [-0.1, -0.05) is 176 Å². The highest BCUT2D eigenvalue weighted by atomic mass is 15.1. The van der Waals surface area contributed by atoms with E-state index in [0.717, 1.165) is 32.9 Å². The molecule has 0 aliphatic carbocycles. The molecule has 0 radical (unpaired) electrons. The number of aromatic nitrogens is 7. The molecule has 8 aromatic carbocycles. The summed E-state index contributed by atoms with van der Waals surface area (Å²) >= 11 is 0. The summed E-state index contributed by atoms with van der Waals surface area (Å²) in [6, 6.07) is 27.5. The number of para-hydroxylation sites is 1. The first-order valence-corrected chi connectivity index (χ1v) is 19.0. The van der Waals surface area contributed by atoms with E-state index in [1.165, 1.54) is 0 Å². The summed E-state index contributed by atoms with van der Waals surface area (Å²) in [4.78, 5) is 28.5. The van der Waals surface area contributed by atoms with Gasteiger partial charge in [0.2, 0.25) is 0 Å². The largest absolute Gasteiger partial charge is 0.309 e. The van der Waals surface area contributed by atoms with Crippen LogP contribution < -0.4 is 0 Å². The predicted octanol–water partition coefficient (Wildman–Crippen LogP) is 12.8. The van der Waals surface area contributed by atoms with Gasteiger partial charge in [-0.25, -0.2) is 29.9 Å². The molecule has 0 aliphatic heterocycles. The van der Waals surface area contributed by atoms with Crippen molar-refractivity contribution in [3.05, 3.63) is 212 Å². The minimum absolute atomic E-state index is 0.0380. The summed E-state index contributed by atoms with van der Waals surface area (Å²) in [7, 11) is 0. The van der Waals surface area contributed by atoms with Crippen LogP contribution >= 0.6 is 0 Å². The molecule has 3 aromatic heterocycles. The number of hydrogen-bond donors (Lipinski definition) is 0. The summed E-state index contributed by atoms with van der Waals surface area (Å²) in [5, 5.41) is 1.71. The van der Waals surface area contributed by atoms with Gasteiger partial charge in [0.05, 0.1) is 37.3 Å². The van der Waals surface area contributed by atoms with Crippen molar-refractivity contribution in [3.8, 4) is 85.1 Å². The fourth-order valence-corrected chi connectivity index (χ4v) is 7.23. The monoisotopic (exact) mass is 796 g/mol. The predicted molar refractivity (Wildman–Crippen MR) is 246 cm³/mol. The zero-order valence-electron chi connectivity index (χ0n) is 46.7. The lowest BCUT2D eigenvalue weighted by molar-refractivity contribution is 1.06. The van der Waals surface area contributed by atoms with Crippen LogP contribution in [-0.4, -0.2) is 34.5 Å². The lowest BCUT2D eigenvalue weighted by Crippen LogP contribution is -2.05. The highest BCUT2D eigenvalue weighted by Crippen LogP contribution is 2.39. The Hall–Kier alpha value is -8.42. The quantitative estimate of drug-likeness (QED) is 0.152. The Balaban J connectivity index is 1.27. The van der Waals surface area contributed by atoms with Gasteiger partial charge in [-0.15, -0.1) is 0 Å². The Bertz CT molecular complexity index is 4080. The lowest BCUT2D eigenvalue weighted by atomic mass is 10.0. The zero-order chi connectivity index (χ0) is 53.6. The van der Waals surface area contributed by atoms with Gasteiger partial charge in [-0.05, 0) is 47.5 Å². The van der Waals surface area contributed by atoms with E-state index < -0.39 is 113 Å². The summed E-state index contributed by atoms with van der Waals surface area (Å²) in [6.45, 7) is 0. The maximum atomic E-state index is 9.00. The Labute approximate surface area is 373 Å². The topological polar surface area (TPSA) is 82.3 Å². The van der Waals surface area contributed by atoms with Crippen LogP contribution in [0.5, 0.6) is 0 Å². The van der Waals surface area contributed by atoms with Crippen molar-refractivity contribution in [2.45, 2.75) is 0 Å². The van der Waals surface area contributed by atoms with Crippen molar-refractivity contribution >= 4 is 21.8 Å². The van der Waals surface area contributed by atoms with Gasteiger partial charge >= 0.3 is 0 Å². The van der Waals surface area contributed by atoms with Crippen molar-refractivity contribution in [1.29, 1.82) is 0 Å². The van der Waals surface area contributed by atoms with Crippen LogP contribution in [0.1, 0.15) is 20.6 Å². The van der Waals surface area contributed by atoms with E-state index in [1.54, 1.807) is 48.5 Å². The van der Waals surface area contributed by atoms with Gasteiger partial charge in [0.15, 0.2) is 34.9 Å². The summed E-state index contributed by atoms with van der Waals surface area (Å²) < 4.78 is 132. The molecule has 61 heavy (non-hydrogen) atoms. The molecule has 0 saturated carbocycles. The SMILES string of the molecule is [2H]c1c([2H])c([2H])c(-c2nc(-c3ccccc3)nc(-c3ccc(-n4c5ccccc5c5cc(-c6ccccc6)ccc54)c(-c4nc(-c5c([2H])c([2H])c([2H])c([2H])c5[2H])nc(-c5c([2H])c([2H])c([2H])c([2H])c5[2H])n4)c3)n2)c([2H])c1[2H]. The van der Waals surface area contributed by atoms with E-state index >= 15 is 0 Å². The molecule has 0 aliphatic rings. The normalized spacial score (nSPS) is 14.7. The van der Waals surface area contributed by atoms with Gasteiger partial charge in [0.1, 0.15) is 0 Å². The second-order valence-electron chi connectivity index (χ2n) is 13.7. The van der Waals surface area contributed by atoms with Gasteiger partial charge < -0.3 is 4.57 Å². The fraction of sp³-hybridized carbons (Fsp3) is 0. The minimum Gasteiger partial charge on any atom is -0.309 e. The lowest BCUT2D eigenvalue weighted by Gasteiger charge is -2.16. The van der Waals surface area contributed by atoms with Crippen LogP contribution in [-0.2, 0) is 0 Å². The average Bonchev–Trinajstić information content (AvgIpc) is 3.78. The number of hydrogen-bond acceptors (Lipinski definition) is 6. The van der Waals surface area contributed by atoms with Crippen LogP contribution in [0.4, 0.5) is 0 Å². The zero-order valence-corrected chi connectivity index (χ0v) is 31.7. The average molecular weight is 797 g/mol. The number of nitrogens with zero attached hydrogens (tertiary/aromatic N) is 7. The van der Waals surface area contributed by atoms with Gasteiger partial charge in [0, 0.05) is 44.2 Å². The fourth-order valence-electron chi connectivity index (χ4n) is 7.23. The molecule has 286 valence electrons. The molecule has 0 unspecified atom stereocenters. The minimum atomic E-state index is -0.705. The van der Waals surface area contributed by atoms with Crippen LogP contribution in [0, 0.1) is 0 Å². The van der Waals surface area contributed by atoms with Crippen molar-refractivity contribution in [2.75, 3.05) is 0 Å². The molecular formula is C54H35N7. The summed E-state index contributed by atoms with van der Waals surface area (Å²) in [5.74, 6) is -1.40. The maximum Gasteiger partial charge on any atom is 0.166 e. The molecule has 0 N–H and O–H groups in total. The Kier molecular flexibility index (Phi) is 5.87. The van der Waals surface area contributed by atoms with E-state index in [2.05, 4.69) is 16.0 Å². The standard InChI is InChI=1S/C54H35N7/c1-6-18-36(19-7-1)41-30-32-47-44(34-41)43-28-16-17-29-46(43)61(47)48-33-31-42(53-57-49(37-20-8-2-9-21-37)55-50(58-53)38-22-10-3-11-23-38)35-45(48)54-59-51(39-24-12-4-13-25-39)56-52(60-54)40-26-14-5-15-27-40/h1-35H/i2D,4D,5D,8D,9D,12D,13D,14D,15D,20D,21D,24D,25D,26D,27D. The molecule has 0 amide bonds. The summed E-state index contributed by atoms with van der Waals surface area (Å²) in [5.41, 5.74) is 3.45. The van der Waals surface area contributed by atoms with E-state index in [-0.39, 0.29) is 40.0 Å².